The molecule has 3 atom stereocenters. The zero-order valence-electron chi connectivity index (χ0n) is 13.9. The van der Waals surface area contributed by atoms with Gasteiger partial charge >= 0.3 is 0 Å². The van der Waals surface area contributed by atoms with E-state index in [1.165, 1.54) is 0 Å². The number of anilines is 1. The topological polar surface area (TPSA) is 38.3 Å². The summed E-state index contributed by atoms with van der Waals surface area (Å²) in [5.41, 5.74) is 3.80. The first-order valence-corrected chi connectivity index (χ1v) is 9.01. The van der Waals surface area contributed by atoms with Gasteiger partial charge in [-0.15, -0.1) is 0 Å². The van der Waals surface area contributed by atoms with Gasteiger partial charge in [-0.3, -0.25) is 4.79 Å². The predicted molar refractivity (Wildman–Crippen MR) is 102 cm³/mol. The molecular weight excluding hydrogens is 346 g/mol. The number of carbonyl (C=O) groups is 1. The highest BCUT2D eigenvalue weighted by atomic mass is 35.5. The minimum atomic E-state index is -0.455. The molecule has 0 spiro atoms. The van der Waals surface area contributed by atoms with Crippen molar-refractivity contribution in [3.63, 3.8) is 0 Å². The second-order valence-electron chi connectivity index (χ2n) is 6.68. The highest BCUT2D eigenvalue weighted by molar-refractivity contribution is 6.30. The Balaban J connectivity index is 1.64. The Morgan fingerprint density at radius 3 is 2.54 bits per heavy atom. The molecule has 5 rings (SSSR count). The second kappa shape index (κ2) is 5.89. The minimum Gasteiger partial charge on any atom is -0.486 e. The summed E-state index contributed by atoms with van der Waals surface area (Å²) in [4.78, 5) is 13.2. The van der Waals surface area contributed by atoms with Gasteiger partial charge in [-0.25, -0.2) is 0 Å². The first-order valence-electron chi connectivity index (χ1n) is 8.63. The number of ether oxygens (including phenoxy) is 1. The summed E-state index contributed by atoms with van der Waals surface area (Å²) in [5.74, 6) is 0.857. The highest BCUT2D eigenvalue weighted by Crippen LogP contribution is 2.49. The van der Waals surface area contributed by atoms with Crippen LogP contribution in [0.5, 0.6) is 5.75 Å². The molecular formula is C22H16ClNO2. The van der Waals surface area contributed by atoms with E-state index in [2.05, 4.69) is 11.4 Å². The summed E-state index contributed by atoms with van der Waals surface area (Å²) in [7, 11) is 0. The van der Waals surface area contributed by atoms with Crippen molar-refractivity contribution < 1.29 is 9.53 Å². The summed E-state index contributed by atoms with van der Waals surface area (Å²) in [6.45, 7) is 0. The van der Waals surface area contributed by atoms with Gasteiger partial charge in [-0.2, -0.15) is 0 Å². The lowest BCUT2D eigenvalue weighted by Crippen LogP contribution is -2.48. The van der Waals surface area contributed by atoms with Gasteiger partial charge in [0.1, 0.15) is 17.9 Å². The summed E-state index contributed by atoms with van der Waals surface area (Å²) >= 11 is 6.25. The third-order valence-electron chi connectivity index (χ3n) is 5.17. The van der Waals surface area contributed by atoms with Crippen LogP contribution in [0, 0.1) is 0 Å². The predicted octanol–water partition coefficient (Wildman–Crippen LogP) is 4.91. The molecule has 4 heteroatoms. The number of rotatable bonds is 2. The standard InChI is InChI=1S/C22H16ClNO2/c23-14-10-11-17-16(12-14)19-15-8-4-5-9-18(15)26-22(19)20(24-17)21(25)13-6-2-1-3-7-13/h1-12,19-20,22,24H/t19-,20-,22-/m1/s1. The lowest BCUT2D eigenvalue weighted by atomic mass is 9.79. The Morgan fingerprint density at radius 1 is 0.923 bits per heavy atom. The second-order valence-corrected chi connectivity index (χ2v) is 7.12. The Kier molecular flexibility index (Phi) is 3.50. The van der Waals surface area contributed by atoms with E-state index < -0.39 is 6.04 Å². The van der Waals surface area contributed by atoms with Crippen molar-refractivity contribution in [2.45, 2.75) is 18.1 Å². The lowest BCUT2D eigenvalue weighted by Gasteiger charge is -2.35. The summed E-state index contributed by atoms with van der Waals surface area (Å²) in [6, 6.07) is 22.7. The van der Waals surface area contributed by atoms with Crippen molar-refractivity contribution in [1.29, 1.82) is 0 Å². The van der Waals surface area contributed by atoms with Crippen LogP contribution in [0.3, 0.4) is 0 Å². The molecule has 2 aliphatic rings. The fraction of sp³-hybridized carbons (Fsp3) is 0.136. The summed E-state index contributed by atoms with van der Waals surface area (Å²) < 4.78 is 6.24. The van der Waals surface area contributed by atoms with Crippen molar-refractivity contribution >= 4 is 23.1 Å². The third-order valence-corrected chi connectivity index (χ3v) is 5.41. The molecule has 0 amide bonds. The number of nitrogens with one attached hydrogen (secondary N) is 1. The number of hydrogen-bond donors (Lipinski definition) is 1. The van der Waals surface area contributed by atoms with E-state index in [0.29, 0.717) is 10.6 Å². The van der Waals surface area contributed by atoms with Crippen LogP contribution in [0.1, 0.15) is 27.4 Å². The van der Waals surface area contributed by atoms with Gasteiger partial charge in [0.25, 0.3) is 0 Å². The number of halogens is 1. The summed E-state index contributed by atoms with van der Waals surface area (Å²) in [5, 5.41) is 4.08. The average molecular weight is 362 g/mol. The van der Waals surface area contributed by atoms with E-state index in [1.54, 1.807) is 0 Å². The maximum absolute atomic E-state index is 13.2. The van der Waals surface area contributed by atoms with Crippen LogP contribution in [0.2, 0.25) is 5.02 Å². The maximum Gasteiger partial charge on any atom is 0.188 e. The van der Waals surface area contributed by atoms with E-state index in [1.807, 2.05) is 66.7 Å². The summed E-state index contributed by atoms with van der Waals surface area (Å²) in [6.07, 6.45) is -0.300. The maximum atomic E-state index is 13.2. The zero-order valence-corrected chi connectivity index (χ0v) is 14.6. The highest BCUT2D eigenvalue weighted by Gasteiger charge is 2.47. The quantitative estimate of drug-likeness (QED) is 0.659. The number of carbonyl (C=O) groups excluding carboxylic acids is 1. The monoisotopic (exact) mass is 361 g/mol. The molecule has 26 heavy (non-hydrogen) atoms. The molecule has 2 aliphatic heterocycles. The van der Waals surface area contributed by atoms with Crippen molar-refractivity contribution in [3.05, 3.63) is 94.5 Å². The molecule has 3 aromatic carbocycles. The molecule has 2 heterocycles. The Hall–Kier alpha value is -2.78. The van der Waals surface area contributed by atoms with E-state index in [9.17, 15) is 4.79 Å². The molecule has 1 N–H and O–H groups in total. The van der Waals surface area contributed by atoms with Crippen molar-refractivity contribution in [1.82, 2.24) is 0 Å². The van der Waals surface area contributed by atoms with Crippen LogP contribution >= 0.6 is 11.6 Å². The molecule has 0 aromatic heterocycles. The number of hydrogen-bond acceptors (Lipinski definition) is 3. The molecule has 0 radical (unpaired) electrons. The Labute approximate surface area is 156 Å². The first-order chi connectivity index (χ1) is 12.7. The smallest absolute Gasteiger partial charge is 0.188 e. The molecule has 0 saturated heterocycles. The van der Waals surface area contributed by atoms with E-state index in [-0.39, 0.29) is 17.8 Å². The van der Waals surface area contributed by atoms with Crippen LogP contribution in [-0.4, -0.2) is 17.9 Å². The molecule has 0 fully saturated rings. The number of Topliss-reactive ketones (excluding diaryl/α,β-unsaturated/α-hetero) is 1. The van der Waals surface area contributed by atoms with Gasteiger partial charge in [-0.05, 0) is 29.8 Å². The molecule has 0 saturated carbocycles. The van der Waals surface area contributed by atoms with E-state index in [4.69, 9.17) is 16.3 Å². The normalized spacial score (nSPS) is 22.4. The molecule has 0 unspecified atom stereocenters. The Morgan fingerprint density at radius 2 is 1.69 bits per heavy atom. The molecule has 0 bridgehead atoms. The van der Waals surface area contributed by atoms with Gasteiger partial charge in [0.15, 0.2) is 5.78 Å². The van der Waals surface area contributed by atoms with Crippen LogP contribution in [0.15, 0.2) is 72.8 Å². The van der Waals surface area contributed by atoms with Crippen LogP contribution < -0.4 is 10.1 Å². The number of fused-ring (bicyclic) bond motifs is 5. The van der Waals surface area contributed by atoms with Gasteiger partial charge in [0.2, 0.25) is 0 Å². The van der Waals surface area contributed by atoms with Crippen molar-refractivity contribution in [3.8, 4) is 5.75 Å². The van der Waals surface area contributed by atoms with Crippen LogP contribution in [-0.2, 0) is 0 Å². The average Bonchev–Trinajstić information content (AvgIpc) is 3.07. The SMILES string of the molecule is O=C(c1ccccc1)[C@H]1Nc2ccc(Cl)cc2[C@H]2c3ccccc3O[C@H]21. The molecule has 0 aliphatic carbocycles. The van der Waals surface area contributed by atoms with Crippen molar-refractivity contribution in [2.75, 3.05) is 5.32 Å². The minimum absolute atomic E-state index is 0.0150. The molecule has 3 nitrogen and oxygen atoms in total. The number of ketones is 1. The fourth-order valence-electron chi connectivity index (χ4n) is 4.01. The largest absolute Gasteiger partial charge is 0.486 e. The van der Waals surface area contributed by atoms with Gasteiger partial charge in [0.05, 0.1) is 5.92 Å². The number of benzene rings is 3. The molecule has 3 aromatic rings. The number of para-hydroxylation sites is 1. The molecule has 128 valence electrons. The Bertz CT molecular complexity index is 1000. The van der Waals surface area contributed by atoms with Gasteiger partial charge in [0, 0.05) is 21.8 Å². The van der Waals surface area contributed by atoms with E-state index in [0.717, 1.165) is 22.6 Å². The zero-order chi connectivity index (χ0) is 17.7. The van der Waals surface area contributed by atoms with Crippen LogP contribution in [0.25, 0.3) is 0 Å². The first kappa shape index (κ1) is 15.5. The van der Waals surface area contributed by atoms with E-state index >= 15 is 0 Å². The third kappa shape index (κ3) is 2.31. The van der Waals surface area contributed by atoms with Crippen LogP contribution in [0.4, 0.5) is 5.69 Å². The van der Waals surface area contributed by atoms with Gasteiger partial charge in [-0.1, -0.05) is 60.1 Å². The van der Waals surface area contributed by atoms with Crippen molar-refractivity contribution in [2.24, 2.45) is 0 Å². The lowest BCUT2D eigenvalue weighted by molar-refractivity contribution is 0.0878. The van der Waals surface area contributed by atoms with Gasteiger partial charge < -0.3 is 10.1 Å². The fourth-order valence-corrected chi connectivity index (χ4v) is 4.19.